The van der Waals surface area contributed by atoms with Gasteiger partial charge in [-0.15, -0.1) is 0 Å². The molecule has 0 N–H and O–H groups in total. The molecule has 0 aliphatic rings. The Hall–Kier alpha value is -1.57. The van der Waals surface area contributed by atoms with Crippen LogP contribution in [-0.2, 0) is 0 Å². The average Bonchev–Trinajstić information content (AvgIpc) is 2.30. The van der Waals surface area contributed by atoms with Crippen molar-refractivity contribution in [2.45, 2.75) is 20.8 Å². The van der Waals surface area contributed by atoms with Crippen LogP contribution in [0.4, 0.5) is 5.69 Å². The molecule has 0 radical (unpaired) electrons. The molecule has 1 aromatic carbocycles. The van der Waals surface area contributed by atoms with E-state index in [0.29, 0.717) is 0 Å². The van der Waals surface area contributed by atoms with Gasteiger partial charge in [-0.2, -0.15) is 0 Å². The van der Waals surface area contributed by atoms with Gasteiger partial charge in [-0.3, -0.25) is 4.98 Å². The highest BCUT2D eigenvalue weighted by Gasteiger charge is 2.03. The van der Waals surface area contributed by atoms with Crippen molar-refractivity contribution in [3.8, 4) is 0 Å². The molecular weight excluding hydrogens is 196 g/mol. The van der Waals surface area contributed by atoms with E-state index in [9.17, 15) is 0 Å². The molecule has 0 amide bonds. The monoisotopic (exact) mass is 214 g/mol. The van der Waals surface area contributed by atoms with Crippen LogP contribution in [0.2, 0.25) is 0 Å². The number of hydrogen-bond acceptors (Lipinski definition) is 2. The van der Waals surface area contributed by atoms with Crippen molar-refractivity contribution in [3.63, 3.8) is 0 Å². The molecule has 0 aliphatic carbocycles. The summed E-state index contributed by atoms with van der Waals surface area (Å²) in [7, 11) is 0. The standard InChI is InChI=1S/C14H18N2/c1-4-16(5-2)13-9-8-12-7-6-11(3)15-14(12)10-13/h6-10H,4-5H2,1-3H3. The molecule has 2 nitrogen and oxygen atoms in total. The SMILES string of the molecule is CCN(CC)c1ccc2ccc(C)nc2c1. The maximum Gasteiger partial charge on any atom is 0.0725 e. The van der Waals surface area contributed by atoms with Gasteiger partial charge in [0, 0.05) is 29.9 Å². The Bertz CT molecular complexity index is 487. The summed E-state index contributed by atoms with van der Waals surface area (Å²) in [6.07, 6.45) is 0. The van der Waals surface area contributed by atoms with Crippen molar-refractivity contribution in [1.82, 2.24) is 4.98 Å². The molecule has 0 aliphatic heterocycles. The first-order valence-corrected chi connectivity index (χ1v) is 5.87. The topological polar surface area (TPSA) is 16.1 Å². The Balaban J connectivity index is 2.49. The van der Waals surface area contributed by atoms with Gasteiger partial charge >= 0.3 is 0 Å². The first kappa shape index (κ1) is 10.9. The molecule has 1 heterocycles. The number of aromatic nitrogens is 1. The minimum atomic E-state index is 1.04. The first-order chi connectivity index (χ1) is 7.74. The normalized spacial score (nSPS) is 10.7. The maximum atomic E-state index is 4.56. The van der Waals surface area contributed by atoms with Gasteiger partial charge in [-0.25, -0.2) is 0 Å². The van der Waals surface area contributed by atoms with Crippen LogP contribution in [-0.4, -0.2) is 18.1 Å². The largest absolute Gasteiger partial charge is 0.372 e. The molecular formula is C14H18N2. The van der Waals surface area contributed by atoms with Crippen LogP contribution in [0.5, 0.6) is 0 Å². The molecule has 84 valence electrons. The Morgan fingerprint density at radius 1 is 1.06 bits per heavy atom. The third-order valence-corrected chi connectivity index (χ3v) is 2.94. The summed E-state index contributed by atoms with van der Waals surface area (Å²) in [6.45, 7) is 8.46. The molecule has 0 atom stereocenters. The summed E-state index contributed by atoms with van der Waals surface area (Å²) in [5, 5.41) is 1.21. The summed E-state index contributed by atoms with van der Waals surface area (Å²) in [5.41, 5.74) is 3.42. The predicted octanol–water partition coefficient (Wildman–Crippen LogP) is 3.39. The number of hydrogen-bond donors (Lipinski definition) is 0. The third-order valence-electron chi connectivity index (χ3n) is 2.94. The number of rotatable bonds is 3. The van der Waals surface area contributed by atoms with Crippen LogP contribution in [0.1, 0.15) is 19.5 Å². The van der Waals surface area contributed by atoms with E-state index in [1.807, 2.05) is 6.92 Å². The van der Waals surface area contributed by atoms with E-state index in [1.165, 1.54) is 11.1 Å². The first-order valence-electron chi connectivity index (χ1n) is 5.87. The van der Waals surface area contributed by atoms with Crippen molar-refractivity contribution in [2.75, 3.05) is 18.0 Å². The average molecular weight is 214 g/mol. The Morgan fingerprint density at radius 2 is 1.75 bits per heavy atom. The molecule has 0 saturated carbocycles. The maximum absolute atomic E-state index is 4.56. The van der Waals surface area contributed by atoms with Gasteiger partial charge in [0.05, 0.1) is 5.52 Å². The van der Waals surface area contributed by atoms with Gasteiger partial charge in [0.25, 0.3) is 0 Å². The Labute approximate surface area is 96.9 Å². The number of anilines is 1. The number of benzene rings is 1. The summed E-state index contributed by atoms with van der Waals surface area (Å²) < 4.78 is 0. The molecule has 2 aromatic rings. The zero-order chi connectivity index (χ0) is 11.5. The highest BCUT2D eigenvalue weighted by atomic mass is 15.1. The molecule has 1 aromatic heterocycles. The summed E-state index contributed by atoms with van der Waals surface area (Å²) >= 11 is 0. The Kier molecular flexibility index (Phi) is 3.09. The quantitative estimate of drug-likeness (QED) is 0.778. The molecule has 0 saturated heterocycles. The molecule has 0 spiro atoms. The van der Waals surface area contributed by atoms with Gasteiger partial charge in [0.1, 0.15) is 0 Å². The fraction of sp³-hybridized carbons (Fsp3) is 0.357. The lowest BCUT2D eigenvalue weighted by Gasteiger charge is -2.21. The molecule has 16 heavy (non-hydrogen) atoms. The fourth-order valence-electron chi connectivity index (χ4n) is 1.99. The number of fused-ring (bicyclic) bond motifs is 1. The van der Waals surface area contributed by atoms with Crippen molar-refractivity contribution in [1.29, 1.82) is 0 Å². The molecule has 2 heteroatoms. The van der Waals surface area contributed by atoms with E-state index in [-0.39, 0.29) is 0 Å². The van der Waals surface area contributed by atoms with Gasteiger partial charge < -0.3 is 4.90 Å². The van der Waals surface area contributed by atoms with Gasteiger partial charge in [-0.05, 0) is 39.0 Å². The molecule has 0 fully saturated rings. The molecule has 0 unspecified atom stereocenters. The minimum Gasteiger partial charge on any atom is -0.372 e. The molecule has 0 bridgehead atoms. The number of nitrogens with zero attached hydrogens (tertiary/aromatic N) is 2. The van der Waals surface area contributed by atoms with Gasteiger partial charge in [-0.1, -0.05) is 12.1 Å². The second kappa shape index (κ2) is 4.52. The highest BCUT2D eigenvalue weighted by Crippen LogP contribution is 2.20. The summed E-state index contributed by atoms with van der Waals surface area (Å²) in [5.74, 6) is 0. The van der Waals surface area contributed by atoms with E-state index < -0.39 is 0 Å². The van der Waals surface area contributed by atoms with Crippen LogP contribution in [0.3, 0.4) is 0 Å². The third kappa shape index (κ3) is 2.01. The number of aryl methyl sites for hydroxylation is 1. The predicted molar refractivity (Wildman–Crippen MR) is 70.0 cm³/mol. The fourth-order valence-corrected chi connectivity index (χ4v) is 1.99. The number of pyridine rings is 1. The second-order valence-corrected chi connectivity index (χ2v) is 4.00. The minimum absolute atomic E-state index is 1.04. The van der Waals surface area contributed by atoms with Crippen molar-refractivity contribution >= 4 is 16.6 Å². The van der Waals surface area contributed by atoms with Crippen LogP contribution in [0, 0.1) is 6.92 Å². The van der Waals surface area contributed by atoms with Crippen molar-refractivity contribution in [3.05, 3.63) is 36.0 Å². The van der Waals surface area contributed by atoms with E-state index >= 15 is 0 Å². The van der Waals surface area contributed by atoms with Crippen LogP contribution >= 0.6 is 0 Å². The summed E-state index contributed by atoms with van der Waals surface area (Å²) in [6, 6.07) is 10.7. The second-order valence-electron chi connectivity index (χ2n) is 4.00. The van der Waals surface area contributed by atoms with E-state index in [1.54, 1.807) is 0 Å². The molecule has 2 rings (SSSR count). The van der Waals surface area contributed by atoms with Gasteiger partial charge in [0.15, 0.2) is 0 Å². The summed E-state index contributed by atoms with van der Waals surface area (Å²) in [4.78, 5) is 6.90. The van der Waals surface area contributed by atoms with E-state index in [0.717, 1.165) is 24.3 Å². The van der Waals surface area contributed by atoms with Crippen LogP contribution < -0.4 is 4.90 Å². The van der Waals surface area contributed by atoms with Crippen molar-refractivity contribution in [2.24, 2.45) is 0 Å². The van der Waals surface area contributed by atoms with Crippen molar-refractivity contribution < 1.29 is 0 Å². The lowest BCUT2D eigenvalue weighted by Crippen LogP contribution is -2.21. The zero-order valence-electron chi connectivity index (χ0n) is 10.2. The Morgan fingerprint density at radius 3 is 2.44 bits per heavy atom. The van der Waals surface area contributed by atoms with Crippen LogP contribution in [0.15, 0.2) is 30.3 Å². The smallest absolute Gasteiger partial charge is 0.0725 e. The van der Waals surface area contributed by atoms with Crippen LogP contribution in [0.25, 0.3) is 10.9 Å². The van der Waals surface area contributed by atoms with E-state index in [4.69, 9.17) is 0 Å². The van der Waals surface area contributed by atoms with Gasteiger partial charge in [0.2, 0.25) is 0 Å². The highest BCUT2D eigenvalue weighted by molar-refractivity contribution is 5.82. The van der Waals surface area contributed by atoms with E-state index in [2.05, 4.69) is 54.1 Å². The lowest BCUT2D eigenvalue weighted by atomic mass is 10.1. The zero-order valence-corrected chi connectivity index (χ0v) is 10.2. The lowest BCUT2D eigenvalue weighted by molar-refractivity contribution is 0.867.